The quantitative estimate of drug-likeness (QED) is 0.414. The molecule has 7 nitrogen and oxygen atoms in total. The van der Waals surface area contributed by atoms with Crippen molar-refractivity contribution >= 4 is 58.5 Å². The van der Waals surface area contributed by atoms with Crippen LogP contribution < -0.4 is 5.43 Å². The zero-order chi connectivity index (χ0) is 26.1. The second kappa shape index (κ2) is 9.60. The van der Waals surface area contributed by atoms with E-state index in [-0.39, 0.29) is 27.9 Å². The maximum absolute atomic E-state index is 13.1. The molecule has 2 aromatic rings. The molecule has 8 rings (SSSR count). The number of carbonyl (C=O) groups excluding carboxylic acids is 2. The molecule has 202 valence electrons. The summed E-state index contributed by atoms with van der Waals surface area (Å²) in [5.41, 5.74) is 3.72. The average molecular weight is 593 g/mol. The van der Waals surface area contributed by atoms with Gasteiger partial charge < -0.3 is 0 Å². The summed E-state index contributed by atoms with van der Waals surface area (Å²) in [5, 5.41) is 12.8. The van der Waals surface area contributed by atoms with Crippen molar-refractivity contribution in [2.45, 2.75) is 79.7 Å². The predicted octanol–water partition coefficient (Wildman–Crippen LogP) is 6.01. The van der Waals surface area contributed by atoms with Gasteiger partial charge >= 0.3 is 0 Å². The van der Waals surface area contributed by atoms with Gasteiger partial charge in [0.25, 0.3) is 5.91 Å². The molecule has 38 heavy (non-hydrogen) atoms. The summed E-state index contributed by atoms with van der Waals surface area (Å²) in [7, 11) is 0. The normalized spacial score (nSPS) is 31.1. The van der Waals surface area contributed by atoms with Crippen molar-refractivity contribution in [3.05, 3.63) is 34.1 Å². The Morgan fingerprint density at radius 3 is 2.42 bits per heavy atom. The maximum atomic E-state index is 13.1. The molecular formula is C27H31Cl2N5O2S2. The third kappa shape index (κ3) is 4.27. The van der Waals surface area contributed by atoms with Gasteiger partial charge in [-0.3, -0.25) is 19.6 Å². The van der Waals surface area contributed by atoms with E-state index in [1.165, 1.54) is 31.0 Å². The van der Waals surface area contributed by atoms with Crippen LogP contribution in [0.4, 0.5) is 0 Å². The first kappa shape index (κ1) is 25.5. The Kier molecular flexibility index (Phi) is 6.45. The first-order chi connectivity index (χ1) is 18.3. The molecule has 11 heteroatoms. The highest BCUT2D eigenvalue weighted by molar-refractivity contribution is 8.01. The van der Waals surface area contributed by atoms with Crippen molar-refractivity contribution in [1.82, 2.24) is 25.2 Å². The van der Waals surface area contributed by atoms with E-state index in [4.69, 9.17) is 28.3 Å². The van der Waals surface area contributed by atoms with E-state index in [9.17, 15) is 9.59 Å². The smallest absolute Gasteiger partial charge is 0.252 e. The second-order valence-electron chi connectivity index (χ2n) is 11.9. The van der Waals surface area contributed by atoms with Gasteiger partial charge in [-0.05, 0) is 87.3 Å². The molecule has 1 saturated heterocycles. The summed E-state index contributed by atoms with van der Waals surface area (Å²) in [6, 6.07) is 5.51. The highest BCUT2D eigenvalue weighted by atomic mass is 35.5. The van der Waals surface area contributed by atoms with Crippen LogP contribution in [0.3, 0.4) is 0 Å². The second-order valence-corrected chi connectivity index (χ2v) is 15.1. The largest absolute Gasteiger partial charge is 0.272 e. The van der Waals surface area contributed by atoms with E-state index in [1.54, 1.807) is 22.8 Å². The molecule has 5 aliphatic carbocycles. The number of nitrogens with zero attached hydrogens (tertiary/aromatic N) is 4. The lowest BCUT2D eigenvalue weighted by molar-refractivity contribution is -0.141. The fraction of sp³-hybridized carbons (Fsp3) is 0.630. The van der Waals surface area contributed by atoms with Gasteiger partial charge in [-0.1, -0.05) is 47.8 Å². The summed E-state index contributed by atoms with van der Waals surface area (Å²) in [4.78, 5) is 25.4. The lowest BCUT2D eigenvalue weighted by Crippen LogP contribution is -2.53. The summed E-state index contributed by atoms with van der Waals surface area (Å²) >= 11 is 16.0. The van der Waals surface area contributed by atoms with Crippen molar-refractivity contribution in [2.75, 3.05) is 11.5 Å². The molecule has 6 aliphatic rings. The van der Waals surface area contributed by atoms with E-state index < -0.39 is 0 Å². The molecule has 1 spiro atoms. The molecule has 0 radical (unpaired) electrons. The molecule has 1 N–H and O–H groups in total. The monoisotopic (exact) mass is 591 g/mol. The van der Waals surface area contributed by atoms with Crippen LogP contribution in [0.15, 0.2) is 23.4 Å². The van der Waals surface area contributed by atoms with Gasteiger partial charge in [0, 0.05) is 10.4 Å². The fourth-order valence-electron chi connectivity index (χ4n) is 8.27. The zero-order valence-corrected chi connectivity index (χ0v) is 24.3. The first-order valence-electron chi connectivity index (χ1n) is 13.6. The van der Waals surface area contributed by atoms with Crippen molar-refractivity contribution in [1.29, 1.82) is 0 Å². The first-order valence-corrected chi connectivity index (χ1v) is 16.4. The number of carbonyl (C=O) groups is 2. The topological polar surface area (TPSA) is 80.1 Å². The molecule has 0 atom stereocenters. The van der Waals surface area contributed by atoms with Gasteiger partial charge in [0.1, 0.15) is 10.7 Å². The molecule has 0 unspecified atom stereocenters. The number of benzene rings is 1. The third-order valence-electron chi connectivity index (χ3n) is 9.37. The number of hydrazine groups is 1. The number of halogens is 2. The van der Waals surface area contributed by atoms with Crippen LogP contribution in [0.2, 0.25) is 10.0 Å². The van der Waals surface area contributed by atoms with E-state index in [0.717, 1.165) is 74.2 Å². The molecule has 2 amide bonds. The lowest BCUT2D eigenvalue weighted by Gasteiger charge is -2.56. The van der Waals surface area contributed by atoms with E-state index >= 15 is 0 Å². The van der Waals surface area contributed by atoms with Crippen LogP contribution >= 0.6 is 46.7 Å². The van der Waals surface area contributed by atoms with Crippen LogP contribution in [0.25, 0.3) is 5.69 Å². The minimum Gasteiger partial charge on any atom is -0.272 e. The van der Waals surface area contributed by atoms with Gasteiger partial charge in [0.05, 0.1) is 22.2 Å². The highest BCUT2D eigenvalue weighted by Gasteiger charge is 2.54. The van der Waals surface area contributed by atoms with Crippen LogP contribution in [0.5, 0.6) is 0 Å². The molecule has 1 aromatic carbocycles. The zero-order valence-electron chi connectivity index (χ0n) is 21.1. The molecular weight excluding hydrogens is 561 g/mol. The minimum atomic E-state index is -0.278. The SMILES string of the molecule is O=C(CSc1nnc(C23CC4CC(CC(C4)C2)C3)n1-c1ccc(Cl)cc1Cl)NN1C(=O)CSC12CCCC2. The summed E-state index contributed by atoms with van der Waals surface area (Å²) in [5.74, 6) is 3.58. The minimum absolute atomic E-state index is 0.000167. The molecule has 1 aromatic heterocycles. The highest BCUT2D eigenvalue weighted by Crippen LogP contribution is 2.61. The number of thioether (sulfide) groups is 2. The molecule has 5 saturated carbocycles. The van der Waals surface area contributed by atoms with Crippen LogP contribution in [0.1, 0.15) is 70.0 Å². The van der Waals surface area contributed by atoms with Crippen LogP contribution in [-0.2, 0) is 15.0 Å². The maximum Gasteiger partial charge on any atom is 0.252 e. The Morgan fingerprint density at radius 1 is 1.08 bits per heavy atom. The van der Waals surface area contributed by atoms with Gasteiger partial charge in [-0.2, -0.15) is 0 Å². The van der Waals surface area contributed by atoms with Crippen LogP contribution in [-0.4, -0.2) is 48.0 Å². The van der Waals surface area contributed by atoms with Crippen LogP contribution in [0, 0.1) is 17.8 Å². The average Bonchev–Trinajstić information content (AvgIpc) is 3.59. The summed E-state index contributed by atoms with van der Waals surface area (Å²) in [6.07, 6.45) is 11.5. The van der Waals surface area contributed by atoms with Gasteiger partial charge in [0.2, 0.25) is 5.91 Å². The number of aromatic nitrogens is 3. The predicted molar refractivity (Wildman–Crippen MR) is 151 cm³/mol. The standard InChI is InChI=1S/C27H31Cl2N5O2S2/c28-19-3-4-21(20(29)10-19)33-24(26-11-16-7-17(12-26)9-18(8-16)13-26)30-31-25(33)37-14-22(35)32-34-23(36)15-38-27(34)5-1-2-6-27/h3-4,10,16-18H,1-2,5-9,11-15H2,(H,32,35). The van der Waals surface area contributed by atoms with Crippen molar-refractivity contribution < 1.29 is 9.59 Å². The van der Waals surface area contributed by atoms with Gasteiger partial charge in [-0.15, -0.1) is 22.0 Å². The van der Waals surface area contributed by atoms with E-state index in [1.807, 2.05) is 12.1 Å². The number of rotatable bonds is 6. The van der Waals surface area contributed by atoms with E-state index in [0.29, 0.717) is 21.0 Å². The molecule has 6 fully saturated rings. The number of nitrogens with one attached hydrogen (secondary N) is 1. The Balaban J connectivity index is 1.17. The van der Waals surface area contributed by atoms with Crippen molar-refractivity contribution in [3.8, 4) is 5.69 Å². The Morgan fingerprint density at radius 2 is 1.76 bits per heavy atom. The van der Waals surface area contributed by atoms with E-state index in [2.05, 4.69) is 15.1 Å². The molecule has 2 heterocycles. The Hall–Kier alpha value is -1.42. The fourth-order valence-corrected chi connectivity index (χ4v) is 10.9. The van der Waals surface area contributed by atoms with Gasteiger partial charge in [0.15, 0.2) is 5.16 Å². The Labute approximate surface area is 241 Å². The Bertz CT molecular complexity index is 1260. The van der Waals surface area contributed by atoms with Crippen molar-refractivity contribution in [3.63, 3.8) is 0 Å². The summed E-state index contributed by atoms with van der Waals surface area (Å²) in [6.45, 7) is 0. The number of amides is 2. The third-order valence-corrected chi connectivity index (χ3v) is 12.4. The molecule has 1 aliphatic heterocycles. The summed E-state index contributed by atoms with van der Waals surface area (Å²) < 4.78 is 2.08. The lowest BCUT2D eigenvalue weighted by atomic mass is 9.49. The number of hydrogen-bond acceptors (Lipinski definition) is 6. The van der Waals surface area contributed by atoms with Crippen molar-refractivity contribution in [2.24, 2.45) is 17.8 Å². The number of hydrogen-bond donors (Lipinski definition) is 1. The molecule has 4 bridgehead atoms. The van der Waals surface area contributed by atoms with Gasteiger partial charge in [-0.25, -0.2) is 5.01 Å².